The smallest absolute Gasteiger partial charge is 0.0408 e. The van der Waals surface area contributed by atoms with E-state index in [9.17, 15) is 0 Å². The van der Waals surface area contributed by atoms with Crippen LogP contribution in [0.4, 0.5) is 0 Å². The summed E-state index contributed by atoms with van der Waals surface area (Å²) in [6.07, 6.45) is 3.66. The Balaban J connectivity index is 1.99. The zero-order valence-electron chi connectivity index (χ0n) is 11.0. The van der Waals surface area contributed by atoms with Crippen molar-refractivity contribution in [3.63, 3.8) is 0 Å². The molecule has 2 atom stereocenters. The average Bonchev–Trinajstić information content (AvgIpc) is 2.88. The van der Waals surface area contributed by atoms with Crippen LogP contribution in [0.1, 0.15) is 25.3 Å². The van der Waals surface area contributed by atoms with Crippen LogP contribution in [-0.2, 0) is 6.42 Å². The van der Waals surface area contributed by atoms with Crippen molar-refractivity contribution < 1.29 is 0 Å². The Morgan fingerprint density at radius 3 is 3.06 bits per heavy atom. The minimum absolute atomic E-state index is 0.610. The first-order valence-corrected chi connectivity index (χ1v) is 8.38. The minimum Gasteiger partial charge on any atom is -0.313 e. The Hall–Kier alpha value is -0.180. The SMILES string of the molecule is CCCNC(Cc1cccc(Cl)c1)C1CCSC1. The highest BCUT2D eigenvalue weighted by atomic mass is 35.5. The van der Waals surface area contributed by atoms with Gasteiger partial charge >= 0.3 is 0 Å². The molecule has 0 aromatic heterocycles. The molecule has 1 saturated heterocycles. The van der Waals surface area contributed by atoms with Crippen molar-refractivity contribution in [2.24, 2.45) is 5.92 Å². The van der Waals surface area contributed by atoms with E-state index in [0.29, 0.717) is 6.04 Å². The van der Waals surface area contributed by atoms with Crippen molar-refractivity contribution in [2.75, 3.05) is 18.1 Å². The van der Waals surface area contributed by atoms with Gasteiger partial charge in [-0.3, -0.25) is 0 Å². The fourth-order valence-electron chi connectivity index (χ4n) is 2.52. The maximum atomic E-state index is 6.07. The fraction of sp³-hybridized carbons (Fsp3) is 0.600. The first-order chi connectivity index (χ1) is 8.79. The normalized spacial score (nSPS) is 21.1. The van der Waals surface area contributed by atoms with E-state index < -0.39 is 0 Å². The molecule has 3 heteroatoms. The number of hydrogen-bond donors (Lipinski definition) is 1. The van der Waals surface area contributed by atoms with Crippen LogP contribution in [0.5, 0.6) is 0 Å². The van der Waals surface area contributed by atoms with E-state index in [1.54, 1.807) is 0 Å². The molecule has 1 heterocycles. The van der Waals surface area contributed by atoms with Gasteiger partial charge in [0, 0.05) is 11.1 Å². The van der Waals surface area contributed by atoms with Crippen molar-refractivity contribution >= 4 is 23.4 Å². The third kappa shape index (κ3) is 4.18. The van der Waals surface area contributed by atoms with Crippen LogP contribution in [0.3, 0.4) is 0 Å². The molecule has 1 fully saturated rings. The molecule has 0 aliphatic carbocycles. The summed E-state index contributed by atoms with van der Waals surface area (Å²) in [6, 6.07) is 8.90. The lowest BCUT2D eigenvalue weighted by Crippen LogP contribution is -2.38. The second kappa shape index (κ2) is 7.42. The van der Waals surface area contributed by atoms with E-state index in [1.165, 1.54) is 29.9 Å². The fourth-order valence-corrected chi connectivity index (χ4v) is 4.07. The standard InChI is InChI=1S/C15H22ClNS/c1-2-7-17-15(13-6-8-18-11-13)10-12-4-3-5-14(16)9-12/h3-5,9,13,15,17H,2,6-8,10-11H2,1H3. The molecule has 0 saturated carbocycles. The highest BCUT2D eigenvalue weighted by Gasteiger charge is 2.24. The summed E-state index contributed by atoms with van der Waals surface area (Å²) >= 11 is 8.16. The Morgan fingerprint density at radius 1 is 1.50 bits per heavy atom. The molecule has 100 valence electrons. The summed E-state index contributed by atoms with van der Waals surface area (Å²) in [7, 11) is 0. The van der Waals surface area contributed by atoms with Crippen molar-refractivity contribution in [1.29, 1.82) is 0 Å². The van der Waals surface area contributed by atoms with Crippen molar-refractivity contribution in [1.82, 2.24) is 5.32 Å². The molecule has 1 aliphatic heterocycles. The second-order valence-corrected chi connectivity index (χ2v) is 6.60. The van der Waals surface area contributed by atoms with Crippen molar-refractivity contribution in [2.45, 2.75) is 32.2 Å². The summed E-state index contributed by atoms with van der Waals surface area (Å²) in [5.74, 6) is 3.45. The first-order valence-electron chi connectivity index (χ1n) is 6.85. The number of nitrogens with one attached hydrogen (secondary N) is 1. The molecule has 2 unspecified atom stereocenters. The van der Waals surface area contributed by atoms with Crippen LogP contribution >= 0.6 is 23.4 Å². The largest absolute Gasteiger partial charge is 0.313 e. The molecule has 0 bridgehead atoms. The number of rotatable bonds is 6. The first kappa shape index (κ1) is 14.2. The van der Waals surface area contributed by atoms with Gasteiger partial charge in [-0.15, -0.1) is 0 Å². The molecule has 1 N–H and O–H groups in total. The van der Waals surface area contributed by atoms with E-state index in [4.69, 9.17) is 11.6 Å². The molecular formula is C15H22ClNS. The van der Waals surface area contributed by atoms with Crippen LogP contribution in [0, 0.1) is 5.92 Å². The summed E-state index contributed by atoms with van der Waals surface area (Å²) in [5.41, 5.74) is 1.35. The van der Waals surface area contributed by atoms with E-state index in [-0.39, 0.29) is 0 Å². The van der Waals surface area contributed by atoms with Gasteiger partial charge in [0.2, 0.25) is 0 Å². The molecule has 2 rings (SSSR count). The number of benzene rings is 1. The summed E-state index contributed by atoms with van der Waals surface area (Å²) in [6.45, 7) is 3.35. The zero-order chi connectivity index (χ0) is 12.8. The molecule has 18 heavy (non-hydrogen) atoms. The monoisotopic (exact) mass is 283 g/mol. The Morgan fingerprint density at radius 2 is 2.39 bits per heavy atom. The van der Waals surface area contributed by atoms with E-state index >= 15 is 0 Å². The van der Waals surface area contributed by atoms with Gasteiger partial charge in [0.05, 0.1) is 0 Å². The van der Waals surface area contributed by atoms with Crippen molar-refractivity contribution in [3.05, 3.63) is 34.9 Å². The van der Waals surface area contributed by atoms with Gasteiger partial charge in [-0.1, -0.05) is 30.7 Å². The Labute approximate surface area is 120 Å². The molecule has 1 aromatic carbocycles. The van der Waals surface area contributed by atoms with E-state index in [2.05, 4.69) is 42.2 Å². The predicted octanol–water partition coefficient (Wildman–Crippen LogP) is 4.00. The van der Waals surface area contributed by atoms with Gasteiger partial charge in [0.15, 0.2) is 0 Å². The van der Waals surface area contributed by atoms with Gasteiger partial charge in [0.1, 0.15) is 0 Å². The molecule has 1 aliphatic rings. The minimum atomic E-state index is 0.610. The Kier molecular flexibility index (Phi) is 5.87. The summed E-state index contributed by atoms with van der Waals surface area (Å²) in [5, 5.41) is 4.57. The van der Waals surface area contributed by atoms with Crippen LogP contribution in [0.2, 0.25) is 5.02 Å². The molecule has 0 radical (unpaired) electrons. The van der Waals surface area contributed by atoms with Gasteiger partial charge in [0.25, 0.3) is 0 Å². The van der Waals surface area contributed by atoms with Crippen LogP contribution in [-0.4, -0.2) is 24.1 Å². The highest BCUT2D eigenvalue weighted by Crippen LogP contribution is 2.28. The summed E-state index contributed by atoms with van der Waals surface area (Å²) < 4.78 is 0. The maximum absolute atomic E-state index is 6.07. The quantitative estimate of drug-likeness (QED) is 0.847. The van der Waals surface area contributed by atoms with E-state index in [1.807, 2.05) is 6.07 Å². The van der Waals surface area contributed by atoms with E-state index in [0.717, 1.165) is 23.9 Å². The third-order valence-corrected chi connectivity index (χ3v) is 4.96. The molecular weight excluding hydrogens is 262 g/mol. The Bertz CT molecular complexity index is 363. The van der Waals surface area contributed by atoms with Gasteiger partial charge < -0.3 is 5.32 Å². The molecule has 0 spiro atoms. The van der Waals surface area contributed by atoms with Crippen molar-refractivity contribution in [3.8, 4) is 0 Å². The lowest BCUT2D eigenvalue weighted by atomic mass is 9.93. The molecule has 1 nitrogen and oxygen atoms in total. The third-order valence-electron chi connectivity index (χ3n) is 3.54. The van der Waals surface area contributed by atoms with Crippen LogP contribution in [0.25, 0.3) is 0 Å². The predicted molar refractivity (Wildman–Crippen MR) is 82.7 cm³/mol. The van der Waals surface area contributed by atoms with Gasteiger partial charge in [-0.2, -0.15) is 11.8 Å². The second-order valence-electron chi connectivity index (χ2n) is 5.02. The summed E-state index contributed by atoms with van der Waals surface area (Å²) in [4.78, 5) is 0. The lowest BCUT2D eigenvalue weighted by Gasteiger charge is -2.24. The molecule has 0 amide bonds. The number of thioether (sulfide) groups is 1. The van der Waals surface area contributed by atoms with Crippen LogP contribution < -0.4 is 5.32 Å². The number of halogens is 1. The average molecular weight is 284 g/mol. The zero-order valence-corrected chi connectivity index (χ0v) is 12.6. The highest BCUT2D eigenvalue weighted by molar-refractivity contribution is 7.99. The number of hydrogen-bond acceptors (Lipinski definition) is 2. The lowest BCUT2D eigenvalue weighted by molar-refractivity contribution is 0.380. The molecule has 1 aromatic rings. The van der Waals surface area contributed by atoms with Gasteiger partial charge in [-0.25, -0.2) is 0 Å². The topological polar surface area (TPSA) is 12.0 Å². The maximum Gasteiger partial charge on any atom is 0.0408 e. The van der Waals surface area contributed by atoms with Gasteiger partial charge in [-0.05, 0) is 60.9 Å². The van der Waals surface area contributed by atoms with Crippen LogP contribution in [0.15, 0.2) is 24.3 Å².